The average Bonchev–Trinajstić information content (AvgIpc) is 3.14. The summed E-state index contributed by atoms with van der Waals surface area (Å²) in [7, 11) is -2.76. The molecule has 3 aromatic carbocycles. The third kappa shape index (κ3) is 8.40. The van der Waals surface area contributed by atoms with Gasteiger partial charge in [0.25, 0.3) is 0 Å². The van der Waals surface area contributed by atoms with Crippen LogP contribution in [0.4, 0.5) is 0 Å². The van der Waals surface area contributed by atoms with Crippen molar-refractivity contribution in [1.82, 2.24) is 0 Å². The van der Waals surface area contributed by atoms with E-state index in [1.54, 1.807) is 0 Å². The van der Waals surface area contributed by atoms with E-state index < -0.39 is 15.7 Å². The van der Waals surface area contributed by atoms with Crippen molar-refractivity contribution in [3.8, 4) is 0 Å². The van der Waals surface area contributed by atoms with Crippen LogP contribution in [0.25, 0.3) is 0 Å². The second kappa shape index (κ2) is 17.3. The van der Waals surface area contributed by atoms with Crippen LogP contribution in [0.2, 0.25) is 0 Å². The number of hydrogen-bond donors (Lipinski definition) is 0. The van der Waals surface area contributed by atoms with Crippen molar-refractivity contribution in [2.75, 3.05) is 0 Å². The monoisotopic (exact) mass is 821 g/mol. The van der Waals surface area contributed by atoms with Crippen LogP contribution in [0, 0.1) is 23.2 Å². The third-order valence-electron chi connectivity index (χ3n) is 14.8. The molecule has 0 radical (unpaired) electrons. The molecule has 0 unspecified atom stereocenters. The summed E-state index contributed by atoms with van der Waals surface area (Å²) in [5.41, 5.74) is 11.9. The lowest BCUT2D eigenvalue weighted by atomic mass is 9.49. The van der Waals surface area contributed by atoms with Crippen LogP contribution in [-0.2, 0) is 8.98 Å². The number of carbonyl (C=O) groups excluding carboxylic acids is 1. The molecule has 2 nitrogen and oxygen atoms in total. The Balaban J connectivity index is 1.96. The van der Waals surface area contributed by atoms with Gasteiger partial charge in [-0.1, -0.05) is 161 Å². The van der Waals surface area contributed by atoms with Gasteiger partial charge in [0.05, 0.1) is 5.41 Å². The zero-order chi connectivity index (χ0) is 43.6. The predicted octanol–water partition coefficient (Wildman–Crippen LogP) is 17.8. The highest BCUT2D eigenvalue weighted by Gasteiger charge is 2.58. The standard InChI is InChI=1S/C56H84O2S/c1-31(2)43-22-46(34(7)8)52(47(23-43)35(9)10)59(53-48(36(11)12)24-44(32(3)4)25-49(53)37(13)14,54-50(38(15)16)26-45(33(5)6)27-51(54)39(17)18)58-55(57)56-28-40-19-41(29-56)21-42(20-40)30-56/h22-27,31-42H,19-21,28-30H2,1-18H3. The van der Waals surface area contributed by atoms with Crippen molar-refractivity contribution in [3.63, 3.8) is 0 Å². The van der Waals surface area contributed by atoms with Gasteiger partial charge >= 0.3 is 5.97 Å². The van der Waals surface area contributed by atoms with Gasteiger partial charge in [0.1, 0.15) is 0 Å². The SMILES string of the molecule is CC(C)c1cc(C(C)C)c(S(OC(=O)C23CC4CC(CC(C4)C2)C3)(c2c(C(C)C)cc(C(C)C)cc2C(C)C)c2c(C(C)C)cc(C(C)C)cc2C(C)C)c(C(C)C)c1. The van der Waals surface area contributed by atoms with Crippen molar-refractivity contribution in [1.29, 1.82) is 0 Å². The van der Waals surface area contributed by atoms with Crippen LogP contribution in [0.3, 0.4) is 0 Å². The normalized spacial score (nSPS) is 22.3. The van der Waals surface area contributed by atoms with Gasteiger partial charge in [0, 0.05) is 14.7 Å². The molecule has 0 N–H and O–H groups in total. The van der Waals surface area contributed by atoms with Gasteiger partial charge in [-0.25, -0.2) is 0 Å². The van der Waals surface area contributed by atoms with Crippen molar-refractivity contribution >= 4 is 16.3 Å². The van der Waals surface area contributed by atoms with E-state index in [1.807, 2.05) is 0 Å². The van der Waals surface area contributed by atoms with Crippen LogP contribution < -0.4 is 0 Å². The summed E-state index contributed by atoms with van der Waals surface area (Å²) in [6.07, 6.45) is 6.88. The predicted molar refractivity (Wildman–Crippen MR) is 255 cm³/mol. The Morgan fingerprint density at radius 3 is 0.831 bits per heavy atom. The topological polar surface area (TPSA) is 26.3 Å². The van der Waals surface area contributed by atoms with E-state index in [9.17, 15) is 0 Å². The lowest BCUT2D eigenvalue weighted by Gasteiger charge is -2.56. The third-order valence-corrected chi connectivity index (χ3v) is 18.3. The van der Waals surface area contributed by atoms with E-state index in [0.29, 0.717) is 35.5 Å². The average molecular weight is 821 g/mol. The Kier molecular flexibility index (Phi) is 13.5. The van der Waals surface area contributed by atoms with Crippen LogP contribution >= 0.6 is 10.3 Å². The van der Waals surface area contributed by atoms with Gasteiger partial charge in [-0.3, -0.25) is 4.79 Å². The maximum Gasteiger partial charge on any atom is 0.323 e. The lowest BCUT2D eigenvalue weighted by molar-refractivity contribution is -0.160. The van der Waals surface area contributed by atoms with E-state index >= 15 is 4.79 Å². The van der Waals surface area contributed by atoms with Crippen molar-refractivity contribution in [2.45, 2.75) is 231 Å². The fraction of sp³-hybridized carbons (Fsp3) is 0.661. The van der Waals surface area contributed by atoms with Gasteiger partial charge in [-0.15, -0.1) is 0 Å². The molecule has 3 heteroatoms. The van der Waals surface area contributed by atoms with Gasteiger partial charge in [0.2, 0.25) is 0 Å². The maximum atomic E-state index is 16.4. The molecule has 4 aliphatic rings. The number of hydrogen-bond acceptors (Lipinski definition) is 2. The van der Waals surface area contributed by atoms with E-state index in [0.717, 1.165) is 19.3 Å². The van der Waals surface area contributed by atoms with Gasteiger partial charge in [-0.2, -0.15) is 0 Å². The Hall–Kier alpha value is -2.52. The van der Waals surface area contributed by atoms with Crippen molar-refractivity contribution in [3.05, 3.63) is 86.5 Å². The summed E-state index contributed by atoms with van der Waals surface area (Å²) >= 11 is 0. The van der Waals surface area contributed by atoms with E-state index in [2.05, 4.69) is 161 Å². The van der Waals surface area contributed by atoms with Crippen LogP contribution in [0.1, 0.15) is 266 Å². The molecular weight excluding hydrogens is 737 g/mol. The number of rotatable bonds is 14. The molecule has 0 aromatic heterocycles. The molecule has 326 valence electrons. The second-order valence-electron chi connectivity index (χ2n) is 22.6. The molecule has 0 aliphatic heterocycles. The van der Waals surface area contributed by atoms with Gasteiger partial charge in [-0.05, 0) is 170 Å². The molecule has 0 amide bonds. The van der Waals surface area contributed by atoms with Crippen molar-refractivity contribution < 1.29 is 8.98 Å². The smallest absolute Gasteiger partial charge is 0.323 e. The zero-order valence-corrected chi connectivity index (χ0v) is 41.7. The van der Waals surface area contributed by atoms with Crippen LogP contribution in [-0.4, -0.2) is 5.97 Å². The summed E-state index contributed by atoms with van der Waals surface area (Å²) in [6, 6.07) is 15.2. The first-order chi connectivity index (χ1) is 27.5. The maximum absolute atomic E-state index is 16.4. The summed E-state index contributed by atoms with van der Waals surface area (Å²) in [6.45, 7) is 42.7. The minimum atomic E-state index is -2.76. The molecular formula is C56H84O2S. The molecule has 4 saturated carbocycles. The number of benzene rings is 3. The van der Waals surface area contributed by atoms with Gasteiger partial charge < -0.3 is 4.18 Å². The molecule has 4 aliphatic carbocycles. The minimum absolute atomic E-state index is 0.110. The molecule has 0 atom stereocenters. The van der Waals surface area contributed by atoms with E-state index in [-0.39, 0.29) is 41.5 Å². The minimum Gasteiger partial charge on any atom is -0.401 e. The molecule has 7 rings (SSSR count). The van der Waals surface area contributed by atoms with E-state index in [1.165, 1.54) is 84.0 Å². The fourth-order valence-electron chi connectivity index (χ4n) is 11.7. The van der Waals surface area contributed by atoms with Crippen LogP contribution in [0.5, 0.6) is 0 Å². The lowest BCUT2D eigenvalue weighted by Crippen LogP contribution is -2.50. The number of carbonyl (C=O) groups is 1. The largest absolute Gasteiger partial charge is 0.401 e. The second-order valence-corrected chi connectivity index (χ2v) is 25.1. The molecule has 4 bridgehead atoms. The Labute approximate surface area is 364 Å². The molecule has 0 spiro atoms. The highest BCUT2D eigenvalue weighted by molar-refractivity contribution is 8.30. The van der Waals surface area contributed by atoms with Crippen molar-refractivity contribution in [2.24, 2.45) is 23.2 Å². The summed E-state index contributed by atoms with van der Waals surface area (Å²) in [4.78, 5) is 20.4. The Morgan fingerprint density at radius 1 is 0.424 bits per heavy atom. The summed E-state index contributed by atoms with van der Waals surface area (Å²) in [5, 5.41) is 0. The molecule has 3 aromatic rings. The highest BCUT2D eigenvalue weighted by atomic mass is 32.3. The summed E-state index contributed by atoms with van der Waals surface area (Å²) < 4.78 is 8.37. The summed E-state index contributed by atoms with van der Waals surface area (Å²) in [5.74, 6) is 4.55. The molecule has 0 heterocycles. The zero-order valence-electron chi connectivity index (χ0n) is 40.9. The van der Waals surface area contributed by atoms with Crippen LogP contribution in [0.15, 0.2) is 51.1 Å². The van der Waals surface area contributed by atoms with E-state index in [4.69, 9.17) is 4.18 Å². The first-order valence-corrected chi connectivity index (χ1v) is 25.7. The van der Waals surface area contributed by atoms with Gasteiger partial charge in [0.15, 0.2) is 0 Å². The first-order valence-electron chi connectivity index (χ1n) is 24.1. The molecule has 4 fully saturated rings. The molecule has 0 saturated heterocycles. The fourth-order valence-corrected chi connectivity index (χ4v) is 16.7. The Morgan fingerprint density at radius 2 is 0.644 bits per heavy atom. The quantitative estimate of drug-likeness (QED) is 0.162. The first kappa shape index (κ1) is 46.0. The highest BCUT2D eigenvalue weighted by Crippen LogP contribution is 2.78. The molecule has 59 heavy (non-hydrogen) atoms. The Bertz CT molecular complexity index is 1700.